The third-order valence-electron chi connectivity index (χ3n) is 7.96. The van der Waals surface area contributed by atoms with Gasteiger partial charge in [-0.15, -0.1) is 0 Å². The van der Waals surface area contributed by atoms with E-state index in [-0.39, 0.29) is 5.91 Å². The van der Waals surface area contributed by atoms with Gasteiger partial charge in [-0.1, -0.05) is 24.3 Å². The minimum absolute atomic E-state index is 0.185. The lowest BCUT2D eigenvalue weighted by Crippen LogP contribution is -2.38. The van der Waals surface area contributed by atoms with Crippen LogP contribution in [0.3, 0.4) is 0 Å². The van der Waals surface area contributed by atoms with Gasteiger partial charge in [0, 0.05) is 5.69 Å². The Bertz CT molecular complexity index is 1760. The fourth-order valence-electron chi connectivity index (χ4n) is 5.38. The van der Waals surface area contributed by atoms with Crippen molar-refractivity contribution in [3.05, 3.63) is 89.0 Å². The molecule has 0 saturated heterocycles. The molecule has 11 heteroatoms. The van der Waals surface area contributed by atoms with E-state index in [1.165, 1.54) is 0 Å². The van der Waals surface area contributed by atoms with Crippen molar-refractivity contribution >= 4 is 23.7 Å². The van der Waals surface area contributed by atoms with Gasteiger partial charge < -0.3 is 48.5 Å². The zero-order valence-corrected chi connectivity index (χ0v) is 28.6. The molecule has 0 aromatic heterocycles. The summed E-state index contributed by atoms with van der Waals surface area (Å²) < 4.78 is 44.9. The lowest BCUT2D eigenvalue weighted by molar-refractivity contribution is 0.0935. The van der Waals surface area contributed by atoms with Crippen LogP contribution in [0.4, 0.5) is 5.69 Å². The molecule has 1 heterocycles. The number of anilines is 1. The highest BCUT2D eigenvalue weighted by atomic mass is 16.5. The minimum Gasteiger partial charge on any atom is -0.497 e. The third kappa shape index (κ3) is 8.24. The van der Waals surface area contributed by atoms with Crippen molar-refractivity contribution in [2.75, 3.05) is 61.2 Å². The van der Waals surface area contributed by atoms with Gasteiger partial charge >= 0.3 is 0 Å². The van der Waals surface area contributed by atoms with Crippen LogP contribution in [0.2, 0.25) is 0 Å². The Morgan fingerprint density at radius 1 is 0.571 bits per heavy atom. The minimum atomic E-state index is -0.422. The molecular formula is C38H42N2O9. The number of carbonyl (C=O) groups excluding carboxylic acids is 1. The van der Waals surface area contributed by atoms with Gasteiger partial charge in [-0.2, -0.15) is 0 Å². The number of unbranched alkanes of at least 4 members (excludes halogenated alkanes) is 1. The summed E-state index contributed by atoms with van der Waals surface area (Å²) in [4.78, 5) is 12.8. The van der Waals surface area contributed by atoms with Gasteiger partial charge in [0.25, 0.3) is 5.91 Å². The number of ether oxygens (including phenoxy) is 8. The Morgan fingerprint density at radius 2 is 1.20 bits per heavy atom. The maximum absolute atomic E-state index is 12.8. The molecule has 0 aliphatic carbocycles. The zero-order valence-electron chi connectivity index (χ0n) is 28.6. The van der Waals surface area contributed by atoms with Crippen LogP contribution >= 0.6 is 0 Å². The van der Waals surface area contributed by atoms with Crippen molar-refractivity contribution in [2.45, 2.75) is 19.0 Å². The van der Waals surface area contributed by atoms with Crippen LogP contribution in [-0.4, -0.2) is 61.8 Å². The predicted molar refractivity (Wildman–Crippen MR) is 188 cm³/mol. The van der Waals surface area contributed by atoms with Crippen LogP contribution < -0.4 is 48.5 Å². The fourth-order valence-corrected chi connectivity index (χ4v) is 5.38. The molecule has 11 nitrogen and oxygen atoms in total. The van der Waals surface area contributed by atoms with Gasteiger partial charge in [-0.3, -0.25) is 4.79 Å². The monoisotopic (exact) mass is 670 g/mol. The van der Waals surface area contributed by atoms with Gasteiger partial charge in [-0.25, -0.2) is 0 Å². The first-order valence-electron chi connectivity index (χ1n) is 15.8. The van der Waals surface area contributed by atoms with E-state index >= 15 is 0 Å². The summed E-state index contributed by atoms with van der Waals surface area (Å²) in [7, 11) is 9.54. The molecule has 2 N–H and O–H groups in total. The molecule has 1 unspecified atom stereocenters. The highest BCUT2D eigenvalue weighted by molar-refractivity contribution is 6.02. The first-order chi connectivity index (χ1) is 23.9. The van der Waals surface area contributed by atoms with E-state index in [9.17, 15) is 4.79 Å². The van der Waals surface area contributed by atoms with E-state index in [2.05, 4.69) is 10.6 Å². The number of nitrogens with one attached hydrogen (secondary N) is 2. The molecule has 4 aromatic rings. The quantitative estimate of drug-likeness (QED) is 0.0954. The molecule has 0 bridgehead atoms. The van der Waals surface area contributed by atoms with Crippen LogP contribution in [0.5, 0.6) is 46.0 Å². The Hall–Kier alpha value is -5.71. The van der Waals surface area contributed by atoms with Gasteiger partial charge in [0.15, 0.2) is 34.5 Å². The average molecular weight is 671 g/mol. The smallest absolute Gasteiger partial charge is 0.255 e. The third-order valence-corrected chi connectivity index (χ3v) is 7.96. The second-order valence-electron chi connectivity index (χ2n) is 11.0. The number of hydrogen-bond acceptors (Lipinski definition) is 10. The van der Waals surface area contributed by atoms with Crippen LogP contribution in [0.1, 0.15) is 46.1 Å². The Labute approximate surface area is 286 Å². The summed E-state index contributed by atoms with van der Waals surface area (Å²) >= 11 is 0. The molecule has 1 amide bonds. The van der Waals surface area contributed by atoms with Gasteiger partial charge in [0.05, 0.1) is 61.4 Å². The number of carbonyl (C=O) groups is 1. The van der Waals surface area contributed by atoms with Crippen molar-refractivity contribution in [2.24, 2.45) is 0 Å². The molecule has 0 saturated carbocycles. The summed E-state index contributed by atoms with van der Waals surface area (Å²) in [6.07, 6.45) is 5.04. The first-order valence-corrected chi connectivity index (χ1v) is 15.8. The fraction of sp³-hybridized carbons (Fsp3) is 0.289. The van der Waals surface area contributed by atoms with Crippen molar-refractivity contribution in [1.29, 1.82) is 0 Å². The van der Waals surface area contributed by atoms with Crippen molar-refractivity contribution < 1.29 is 42.7 Å². The molecule has 1 aliphatic heterocycles. The van der Waals surface area contributed by atoms with Gasteiger partial charge in [0.2, 0.25) is 5.75 Å². The number of rotatable bonds is 16. The molecule has 0 spiro atoms. The lowest BCUT2D eigenvalue weighted by atomic mass is 10.0. The molecule has 0 radical (unpaired) electrons. The molecule has 5 rings (SSSR count). The van der Waals surface area contributed by atoms with Crippen molar-refractivity contribution in [1.82, 2.24) is 5.32 Å². The Kier molecular flexibility index (Phi) is 11.6. The second kappa shape index (κ2) is 16.4. The molecule has 0 fully saturated rings. The Morgan fingerprint density at radius 3 is 1.86 bits per heavy atom. The average Bonchev–Trinajstić information content (AvgIpc) is 3.14. The maximum atomic E-state index is 12.8. The van der Waals surface area contributed by atoms with Gasteiger partial charge in [0.1, 0.15) is 11.9 Å². The molecular weight excluding hydrogens is 628 g/mol. The highest BCUT2D eigenvalue weighted by Crippen LogP contribution is 2.39. The molecule has 1 atom stereocenters. The van der Waals surface area contributed by atoms with E-state index in [0.717, 1.165) is 35.2 Å². The number of amides is 1. The summed E-state index contributed by atoms with van der Waals surface area (Å²) in [6.45, 7) is 0.956. The van der Waals surface area contributed by atoms with Crippen LogP contribution in [-0.2, 0) is 0 Å². The van der Waals surface area contributed by atoms with Crippen molar-refractivity contribution in [3.63, 3.8) is 0 Å². The number of benzene rings is 4. The van der Waals surface area contributed by atoms with Crippen LogP contribution in [0.15, 0.2) is 66.7 Å². The van der Waals surface area contributed by atoms with E-state index < -0.39 is 6.17 Å². The van der Waals surface area contributed by atoms with Crippen LogP contribution in [0.25, 0.3) is 12.2 Å². The first kappa shape index (κ1) is 34.6. The summed E-state index contributed by atoms with van der Waals surface area (Å²) in [5.41, 5.74) is 3.93. The molecule has 4 aromatic carbocycles. The lowest BCUT2D eigenvalue weighted by Gasteiger charge is -2.28. The predicted octanol–water partition coefficient (Wildman–Crippen LogP) is 7.00. The SMILES string of the molecule is COc1ccc2c(c1)C(=O)NC(c1ccc(OCCCCOc3cc(/C=C/c4cc(OC)c(OC)c(OC)c4)ccc3OC)c(OC)c1)N2. The Balaban J connectivity index is 1.14. The van der Waals surface area contributed by atoms with Gasteiger partial charge in [-0.05, 0) is 84.1 Å². The van der Waals surface area contributed by atoms with E-state index in [0.29, 0.717) is 64.8 Å². The molecule has 258 valence electrons. The standard InChI is InChI=1S/C38H42N2O9/c1-42-27-13-14-29-28(23-27)38(41)40-37(39-29)26-12-16-31(32(22-26)44-3)48-17-7-8-18-49-33-19-24(11-15-30(33)43-2)9-10-25-20-34(45-4)36(47-6)35(21-25)46-5/h9-16,19-23,37,39H,7-8,17-18H2,1-6H3,(H,40,41)/b10-9+. The van der Waals surface area contributed by atoms with Crippen molar-refractivity contribution in [3.8, 4) is 46.0 Å². The highest BCUT2D eigenvalue weighted by Gasteiger charge is 2.26. The summed E-state index contributed by atoms with van der Waals surface area (Å²) in [5, 5.41) is 6.35. The normalized spacial score (nSPS) is 13.5. The second-order valence-corrected chi connectivity index (χ2v) is 11.0. The largest absolute Gasteiger partial charge is 0.497 e. The number of fused-ring (bicyclic) bond motifs is 1. The number of methoxy groups -OCH3 is 6. The van der Waals surface area contributed by atoms with E-state index in [1.807, 2.05) is 72.8 Å². The summed E-state index contributed by atoms with van der Waals surface area (Å²) in [6, 6.07) is 20.5. The summed E-state index contributed by atoms with van der Waals surface area (Å²) in [5.74, 6) is 4.64. The van der Waals surface area contributed by atoms with E-state index in [1.54, 1.807) is 48.7 Å². The van der Waals surface area contributed by atoms with E-state index in [4.69, 9.17) is 37.9 Å². The maximum Gasteiger partial charge on any atom is 0.255 e. The number of hydrogen-bond donors (Lipinski definition) is 2. The molecule has 49 heavy (non-hydrogen) atoms. The topological polar surface area (TPSA) is 115 Å². The van der Waals surface area contributed by atoms with Crippen LogP contribution in [0, 0.1) is 0 Å². The zero-order chi connectivity index (χ0) is 34.8. The molecule has 1 aliphatic rings.